The first-order valence-electron chi connectivity index (χ1n) is 27.6. The molecule has 8 aromatic carbocycles. The third-order valence-corrected chi connectivity index (χ3v) is 20.2. The molecule has 3 spiro atoms. The van der Waals surface area contributed by atoms with Crippen LogP contribution < -0.4 is 4.90 Å². The molecule has 4 fully saturated rings. The van der Waals surface area contributed by atoms with Crippen LogP contribution in [0.15, 0.2) is 176 Å². The number of nitrogens with zero attached hydrogens (tertiary/aromatic N) is 1. The maximum absolute atomic E-state index is 2.75. The van der Waals surface area contributed by atoms with E-state index >= 15 is 0 Å². The van der Waals surface area contributed by atoms with Crippen LogP contribution in [-0.4, -0.2) is 0 Å². The zero-order valence-corrected chi connectivity index (χ0v) is 41.7. The highest BCUT2D eigenvalue weighted by Crippen LogP contribution is 2.66. The molecule has 7 aliphatic carbocycles. The number of rotatable bonds is 6. The molecule has 2 atom stereocenters. The summed E-state index contributed by atoms with van der Waals surface area (Å²) < 4.78 is 0. The van der Waals surface area contributed by atoms with Crippen LogP contribution in [0.4, 0.5) is 17.1 Å². The third-order valence-electron chi connectivity index (χ3n) is 20.2. The molecule has 0 radical (unpaired) electrons. The van der Waals surface area contributed by atoms with Crippen LogP contribution in [-0.2, 0) is 10.8 Å². The van der Waals surface area contributed by atoms with Crippen LogP contribution in [0.3, 0.4) is 0 Å². The van der Waals surface area contributed by atoms with Gasteiger partial charge in [0.2, 0.25) is 0 Å². The molecule has 4 saturated carbocycles. The molecular formula is C70H65N. The molecule has 0 aromatic heterocycles. The van der Waals surface area contributed by atoms with Crippen LogP contribution in [0.5, 0.6) is 0 Å². The first kappa shape index (κ1) is 42.3. The maximum atomic E-state index is 2.75. The van der Waals surface area contributed by atoms with Crippen LogP contribution in [0.1, 0.15) is 160 Å². The second-order valence-corrected chi connectivity index (χ2v) is 24.0. The Kier molecular flexibility index (Phi) is 9.24. The Bertz CT molecular complexity index is 3360. The van der Waals surface area contributed by atoms with Gasteiger partial charge in [-0.15, -0.1) is 0 Å². The fourth-order valence-corrected chi connectivity index (χ4v) is 16.8. The van der Waals surface area contributed by atoms with Gasteiger partial charge >= 0.3 is 0 Å². The second kappa shape index (κ2) is 15.5. The van der Waals surface area contributed by atoms with E-state index in [0.717, 1.165) is 0 Å². The molecule has 0 heterocycles. The van der Waals surface area contributed by atoms with Gasteiger partial charge in [-0.25, -0.2) is 0 Å². The summed E-state index contributed by atoms with van der Waals surface area (Å²) in [6, 6.07) is 69.4. The van der Waals surface area contributed by atoms with Gasteiger partial charge in [-0.1, -0.05) is 185 Å². The third kappa shape index (κ3) is 6.11. The van der Waals surface area contributed by atoms with Crippen LogP contribution in [0.2, 0.25) is 0 Å². The summed E-state index contributed by atoms with van der Waals surface area (Å²) in [7, 11) is 0. The maximum Gasteiger partial charge on any atom is 0.0726 e. The standard InChI is InChI=1S/C70H65N/c1-67(2)60-21-9-6-19-54(60)56-30-26-51(42-62(56)67)71(66-23-11-8-18-53(66)46-16-4-3-5-17-46)52-27-31-59-55-20-7-10-22-61(55)70(65(59)43-52)63-40-47(49-32-38-68(44-49)34-12-13-35-68)24-28-57(63)58-29-25-48(41-64(58)70)50-33-39-69(45-50)36-14-15-37-69/h3-11,16-31,40-43,49-50H,12-15,32-39,44-45H2,1-2H3. The summed E-state index contributed by atoms with van der Waals surface area (Å²) in [5.41, 5.74) is 26.7. The first-order valence-corrected chi connectivity index (χ1v) is 27.6. The van der Waals surface area contributed by atoms with Crippen LogP contribution in [0, 0.1) is 10.8 Å². The lowest BCUT2D eigenvalue weighted by Crippen LogP contribution is -2.27. The highest BCUT2D eigenvalue weighted by molar-refractivity contribution is 5.98. The van der Waals surface area contributed by atoms with Crippen molar-refractivity contribution in [2.75, 3.05) is 4.90 Å². The van der Waals surface area contributed by atoms with Gasteiger partial charge in [0.05, 0.1) is 11.1 Å². The monoisotopic (exact) mass is 920 g/mol. The average molecular weight is 920 g/mol. The molecule has 15 rings (SSSR count). The normalized spacial score (nSPS) is 23.0. The molecule has 0 saturated heterocycles. The first-order chi connectivity index (χ1) is 34.8. The largest absolute Gasteiger partial charge is 0.310 e. The molecule has 1 nitrogen and oxygen atoms in total. The van der Waals surface area contributed by atoms with Crippen molar-refractivity contribution < 1.29 is 0 Å². The molecule has 0 N–H and O–H groups in total. The number of hydrogen-bond acceptors (Lipinski definition) is 1. The predicted molar refractivity (Wildman–Crippen MR) is 295 cm³/mol. The number of anilines is 3. The Morgan fingerprint density at radius 2 is 0.803 bits per heavy atom. The van der Waals surface area contributed by atoms with E-state index in [4.69, 9.17) is 0 Å². The fourth-order valence-electron chi connectivity index (χ4n) is 16.8. The van der Waals surface area contributed by atoms with E-state index < -0.39 is 5.41 Å². The summed E-state index contributed by atoms with van der Waals surface area (Å²) in [4.78, 5) is 2.60. The molecule has 1 heteroatoms. The fraction of sp³-hybridized carbons (Fsp3) is 0.314. The van der Waals surface area contributed by atoms with Gasteiger partial charge in [0.25, 0.3) is 0 Å². The molecule has 7 aliphatic rings. The van der Waals surface area contributed by atoms with E-state index in [1.807, 2.05) is 0 Å². The van der Waals surface area contributed by atoms with E-state index in [1.165, 1.54) is 185 Å². The lowest BCUT2D eigenvalue weighted by atomic mass is 9.69. The average Bonchev–Trinajstić information content (AvgIpc) is 4.32. The van der Waals surface area contributed by atoms with Gasteiger partial charge < -0.3 is 4.90 Å². The Hall–Kier alpha value is -6.44. The molecule has 71 heavy (non-hydrogen) atoms. The minimum Gasteiger partial charge on any atom is -0.310 e. The highest BCUT2D eigenvalue weighted by atomic mass is 15.1. The van der Waals surface area contributed by atoms with Crippen molar-refractivity contribution in [3.8, 4) is 44.5 Å². The van der Waals surface area contributed by atoms with Crippen LogP contribution in [0.25, 0.3) is 44.5 Å². The molecule has 0 bridgehead atoms. The Morgan fingerprint density at radius 3 is 1.39 bits per heavy atom. The zero-order valence-electron chi connectivity index (χ0n) is 41.7. The summed E-state index contributed by atoms with van der Waals surface area (Å²) in [6.07, 6.45) is 19.5. The summed E-state index contributed by atoms with van der Waals surface area (Å²) in [5, 5.41) is 0. The summed E-state index contributed by atoms with van der Waals surface area (Å²) in [5.74, 6) is 1.25. The molecule has 8 aromatic rings. The second-order valence-electron chi connectivity index (χ2n) is 24.0. The number of para-hydroxylation sites is 1. The molecular weight excluding hydrogens is 855 g/mol. The van der Waals surface area contributed by atoms with Crippen molar-refractivity contribution in [3.63, 3.8) is 0 Å². The van der Waals surface area contributed by atoms with Crippen LogP contribution >= 0.6 is 0 Å². The zero-order chi connectivity index (χ0) is 47.1. The van der Waals surface area contributed by atoms with Gasteiger partial charge in [0.1, 0.15) is 0 Å². The van der Waals surface area contributed by atoms with Crippen molar-refractivity contribution in [2.45, 2.75) is 126 Å². The smallest absolute Gasteiger partial charge is 0.0726 e. The van der Waals surface area contributed by atoms with Crippen molar-refractivity contribution in [3.05, 3.63) is 220 Å². The van der Waals surface area contributed by atoms with Gasteiger partial charge in [0.15, 0.2) is 0 Å². The van der Waals surface area contributed by atoms with Gasteiger partial charge in [0, 0.05) is 22.4 Å². The van der Waals surface area contributed by atoms with E-state index in [2.05, 4.69) is 195 Å². The number of hydrogen-bond donors (Lipinski definition) is 0. The number of fused-ring (bicyclic) bond motifs is 13. The minimum absolute atomic E-state index is 0.129. The SMILES string of the molecule is CC1(C)c2ccccc2-c2ccc(N(c3ccc4c(c3)C3(c5ccccc5-4)c4cc(C5CCC6(CCCC6)C5)ccc4-c4ccc(C5CCC6(CCCC6)C5)cc43)c3ccccc3-c3ccccc3)cc21. The topological polar surface area (TPSA) is 3.24 Å². The predicted octanol–water partition coefficient (Wildman–Crippen LogP) is 19.1. The Morgan fingerprint density at radius 1 is 0.366 bits per heavy atom. The summed E-state index contributed by atoms with van der Waals surface area (Å²) >= 11 is 0. The summed E-state index contributed by atoms with van der Waals surface area (Å²) in [6.45, 7) is 4.83. The van der Waals surface area contributed by atoms with Gasteiger partial charge in [-0.05, 0) is 201 Å². The molecule has 2 unspecified atom stereocenters. The Labute approximate surface area is 422 Å². The van der Waals surface area contributed by atoms with E-state index in [9.17, 15) is 0 Å². The van der Waals surface area contributed by atoms with Crippen molar-refractivity contribution in [2.24, 2.45) is 10.8 Å². The molecule has 0 aliphatic heterocycles. The lowest BCUT2D eigenvalue weighted by molar-refractivity contribution is 0.304. The van der Waals surface area contributed by atoms with Crippen molar-refractivity contribution in [1.82, 2.24) is 0 Å². The van der Waals surface area contributed by atoms with Gasteiger partial charge in [-0.2, -0.15) is 0 Å². The quantitative estimate of drug-likeness (QED) is 0.161. The number of benzene rings is 8. The highest BCUT2D eigenvalue weighted by Gasteiger charge is 2.53. The van der Waals surface area contributed by atoms with E-state index in [-0.39, 0.29) is 5.41 Å². The lowest BCUT2D eigenvalue weighted by Gasteiger charge is -2.34. The van der Waals surface area contributed by atoms with Gasteiger partial charge in [-0.3, -0.25) is 0 Å². The minimum atomic E-state index is -0.446. The molecule has 0 amide bonds. The van der Waals surface area contributed by atoms with E-state index in [1.54, 1.807) is 11.1 Å². The Balaban J connectivity index is 0.965. The van der Waals surface area contributed by atoms with Crippen molar-refractivity contribution in [1.29, 1.82) is 0 Å². The van der Waals surface area contributed by atoms with Crippen molar-refractivity contribution >= 4 is 17.1 Å². The molecule has 350 valence electrons. The van der Waals surface area contributed by atoms with E-state index in [0.29, 0.717) is 22.7 Å².